The molecule has 0 amide bonds. The third-order valence-electron chi connectivity index (χ3n) is 8.41. The molecule has 164 valence electrons. The molecule has 3 heteroatoms. The summed E-state index contributed by atoms with van der Waals surface area (Å²) < 4.78 is 0. The first-order chi connectivity index (χ1) is 17.3. The molecule has 0 spiro atoms. The maximum Gasteiger partial charge on any atom is 0.0717 e. The molecule has 0 N–H and O–H groups in total. The monoisotopic (exact) mass is 447 g/mol. The van der Waals surface area contributed by atoms with Crippen LogP contribution in [0.25, 0.3) is 22.3 Å². The van der Waals surface area contributed by atoms with Crippen LogP contribution in [0.3, 0.4) is 0 Å². The highest BCUT2D eigenvalue weighted by atomic mass is 15.2. The molecule has 0 fully saturated rings. The summed E-state index contributed by atoms with van der Waals surface area (Å²) in [7, 11) is 0. The molecule has 3 nitrogen and oxygen atoms in total. The van der Waals surface area contributed by atoms with Gasteiger partial charge in [-0.05, 0) is 92.7 Å². The summed E-state index contributed by atoms with van der Waals surface area (Å²) in [5.41, 5.74) is 20.4. The molecule has 0 radical (unpaired) electrons. The van der Waals surface area contributed by atoms with Gasteiger partial charge in [0.15, 0.2) is 0 Å². The maximum atomic E-state index is 4.78. The van der Waals surface area contributed by atoms with Gasteiger partial charge in [0.2, 0.25) is 0 Å². The zero-order valence-corrected chi connectivity index (χ0v) is 19.2. The Balaban J connectivity index is 1.36. The molecule has 9 rings (SSSR count). The van der Waals surface area contributed by atoms with Gasteiger partial charge in [0.1, 0.15) is 0 Å². The molecular weight excluding hydrogens is 426 g/mol. The minimum atomic E-state index is 0.795. The van der Waals surface area contributed by atoms with E-state index in [9.17, 15) is 0 Å². The highest BCUT2D eigenvalue weighted by Crippen LogP contribution is 2.56. The van der Waals surface area contributed by atoms with Crippen molar-refractivity contribution >= 4 is 17.1 Å². The summed E-state index contributed by atoms with van der Waals surface area (Å²) in [5.74, 6) is 0. The molecule has 2 aromatic heterocycles. The average molecular weight is 448 g/mol. The van der Waals surface area contributed by atoms with Crippen LogP contribution in [0, 0.1) is 0 Å². The third-order valence-corrected chi connectivity index (χ3v) is 8.41. The van der Waals surface area contributed by atoms with Crippen LogP contribution in [0.2, 0.25) is 0 Å². The van der Waals surface area contributed by atoms with Crippen molar-refractivity contribution in [2.75, 3.05) is 4.90 Å². The number of pyridine rings is 2. The van der Waals surface area contributed by atoms with Gasteiger partial charge in [0.25, 0.3) is 0 Å². The second kappa shape index (κ2) is 6.25. The molecule has 0 unspecified atom stereocenters. The third kappa shape index (κ3) is 2.21. The largest absolute Gasteiger partial charge is 0.306 e. The summed E-state index contributed by atoms with van der Waals surface area (Å²) in [6.07, 6.45) is 7.67. The lowest BCUT2D eigenvalue weighted by Gasteiger charge is -2.39. The van der Waals surface area contributed by atoms with E-state index in [-0.39, 0.29) is 0 Å². The van der Waals surface area contributed by atoms with Gasteiger partial charge in [-0.1, -0.05) is 42.5 Å². The summed E-state index contributed by atoms with van der Waals surface area (Å²) in [5, 5.41) is 0. The molecule has 5 aromatic rings. The van der Waals surface area contributed by atoms with E-state index in [1.54, 1.807) is 0 Å². The Kier molecular flexibility index (Phi) is 3.24. The fourth-order valence-electron chi connectivity index (χ4n) is 7.01. The summed E-state index contributed by atoms with van der Waals surface area (Å²) >= 11 is 0. The van der Waals surface area contributed by atoms with Gasteiger partial charge < -0.3 is 4.90 Å². The first-order valence-electron chi connectivity index (χ1n) is 12.4. The number of hydrogen-bond acceptors (Lipinski definition) is 3. The first-order valence-corrected chi connectivity index (χ1v) is 12.4. The smallest absolute Gasteiger partial charge is 0.0717 e. The molecule has 4 heterocycles. The highest BCUT2D eigenvalue weighted by molar-refractivity contribution is 6.00. The van der Waals surface area contributed by atoms with Crippen LogP contribution in [-0.4, -0.2) is 9.97 Å². The number of nitrogens with zero attached hydrogens (tertiary/aromatic N) is 3. The van der Waals surface area contributed by atoms with Crippen molar-refractivity contribution in [3.63, 3.8) is 0 Å². The van der Waals surface area contributed by atoms with Crippen molar-refractivity contribution in [3.05, 3.63) is 124 Å². The Hall–Kier alpha value is -4.24. The van der Waals surface area contributed by atoms with Gasteiger partial charge >= 0.3 is 0 Å². The van der Waals surface area contributed by atoms with E-state index in [1.807, 2.05) is 12.4 Å². The minimum absolute atomic E-state index is 0.795. The van der Waals surface area contributed by atoms with Gasteiger partial charge in [-0.2, -0.15) is 0 Å². The number of fused-ring (bicyclic) bond motifs is 12. The second-order valence-electron chi connectivity index (χ2n) is 10.2. The van der Waals surface area contributed by atoms with E-state index in [1.165, 1.54) is 72.7 Å². The highest BCUT2D eigenvalue weighted by Gasteiger charge is 2.37. The average Bonchev–Trinajstić information content (AvgIpc) is 3.46. The van der Waals surface area contributed by atoms with Gasteiger partial charge in [0, 0.05) is 25.2 Å². The lowest BCUT2D eigenvalue weighted by Crippen LogP contribution is -2.26. The fraction of sp³-hybridized carbons (Fsp3) is 0.125. The summed E-state index contributed by atoms with van der Waals surface area (Å²) in [6.45, 7) is 0. The lowest BCUT2D eigenvalue weighted by molar-refractivity contribution is 0.927. The number of hydrogen-bond donors (Lipinski definition) is 0. The zero-order valence-electron chi connectivity index (χ0n) is 19.2. The molecule has 4 aliphatic rings. The normalized spacial score (nSPS) is 14.9. The molecule has 0 saturated carbocycles. The van der Waals surface area contributed by atoms with E-state index in [0.717, 1.165) is 37.1 Å². The van der Waals surface area contributed by atoms with Crippen LogP contribution in [0.5, 0.6) is 0 Å². The van der Waals surface area contributed by atoms with E-state index < -0.39 is 0 Å². The standard InChI is InChI=1S/C32H21N3/c1-2-5-23-18(4-1)14-19-7-8-21-15-20-9-10-27-24(30(20)31(21)29(19)23)16-22-11-13-34-26-17-25-28(6-3-12-33-25)35(27)32(22)26/h1-13H,14-17H2. The van der Waals surface area contributed by atoms with Crippen LogP contribution >= 0.6 is 0 Å². The maximum absolute atomic E-state index is 4.78. The Morgan fingerprint density at radius 2 is 1.31 bits per heavy atom. The molecule has 0 atom stereocenters. The van der Waals surface area contributed by atoms with Crippen LogP contribution in [0.4, 0.5) is 17.1 Å². The van der Waals surface area contributed by atoms with Crippen molar-refractivity contribution < 1.29 is 0 Å². The minimum Gasteiger partial charge on any atom is -0.306 e. The van der Waals surface area contributed by atoms with Gasteiger partial charge in [0.05, 0.1) is 28.5 Å². The van der Waals surface area contributed by atoms with Crippen molar-refractivity contribution in [1.82, 2.24) is 9.97 Å². The molecule has 3 aromatic carbocycles. The lowest BCUT2D eigenvalue weighted by atomic mass is 9.84. The topological polar surface area (TPSA) is 29.0 Å². The first kappa shape index (κ1) is 18.1. The van der Waals surface area contributed by atoms with Gasteiger partial charge in [-0.3, -0.25) is 9.97 Å². The molecule has 35 heavy (non-hydrogen) atoms. The molecular formula is C32H21N3. The van der Waals surface area contributed by atoms with Crippen molar-refractivity contribution in [1.29, 1.82) is 0 Å². The number of aromatic nitrogens is 2. The van der Waals surface area contributed by atoms with Crippen LogP contribution in [0.15, 0.2) is 79.1 Å². The molecule has 2 aliphatic heterocycles. The quantitative estimate of drug-likeness (QED) is 0.253. The van der Waals surface area contributed by atoms with Crippen molar-refractivity contribution in [2.45, 2.75) is 25.7 Å². The SMILES string of the molecule is c1ccc2c(c1)Cc1ccc3c(c1-2)-c1c(ccc2c1Cc1ccnc4c1N2c1cccnc1C4)C3. The molecule has 0 saturated heterocycles. The number of rotatable bonds is 0. The Morgan fingerprint density at radius 3 is 2.29 bits per heavy atom. The van der Waals surface area contributed by atoms with E-state index in [4.69, 9.17) is 9.97 Å². The fourth-order valence-corrected chi connectivity index (χ4v) is 7.01. The van der Waals surface area contributed by atoms with E-state index >= 15 is 0 Å². The van der Waals surface area contributed by atoms with E-state index in [0.29, 0.717) is 0 Å². The summed E-state index contributed by atoms with van der Waals surface area (Å²) in [4.78, 5) is 12.0. The van der Waals surface area contributed by atoms with Gasteiger partial charge in [-0.25, -0.2) is 0 Å². The zero-order chi connectivity index (χ0) is 22.7. The molecule has 2 aliphatic carbocycles. The second-order valence-corrected chi connectivity index (χ2v) is 10.2. The Bertz CT molecular complexity index is 1760. The molecule has 0 bridgehead atoms. The van der Waals surface area contributed by atoms with Crippen molar-refractivity contribution in [3.8, 4) is 22.3 Å². The number of anilines is 3. The van der Waals surface area contributed by atoms with Crippen LogP contribution < -0.4 is 4.90 Å². The van der Waals surface area contributed by atoms with Crippen molar-refractivity contribution in [2.24, 2.45) is 0 Å². The van der Waals surface area contributed by atoms with E-state index in [2.05, 4.69) is 71.6 Å². The Labute approximate surface area is 203 Å². The summed E-state index contributed by atoms with van der Waals surface area (Å²) in [6, 6.07) is 24.9. The predicted molar refractivity (Wildman–Crippen MR) is 139 cm³/mol. The van der Waals surface area contributed by atoms with Gasteiger partial charge in [-0.15, -0.1) is 0 Å². The van der Waals surface area contributed by atoms with Crippen LogP contribution in [0.1, 0.15) is 44.8 Å². The van der Waals surface area contributed by atoms with Crippen LogP contribution in [-0.2, 0) is 25.7 Å². The number of benzene rings is 3. The Morgan fingerprint density at radius 1 is 0.514 bits per heavy atom. The predicted octanol–water partition coefficient (Wildman–Crippen LogP) is 6.90.